The van der Waals surface area contributed by atoms with Gasteiger partial charge in [0.15, 0.2) is 5.65 Å². The summed E-state index contributed by atoms with van der Waals surface area (Å²) in [5, 5.41) is 8.48. The number of benzene rings is 1. The molecule has 0 bridgehead atoms. The number of hydrogen-bond acceptors (Lipinski definition) is 5. The van der Waals surface area contributed by atoms with Gasteiger partial charge in [0, 0.05) is 24.7 Å². The number of anilines is 2. The molecule has 3 aliphatic rings. The molecule has 6 nitrogen and oxygen atoms in total. The molecule has 2 aliphatic carbocycles. The summed E-state index contributed by atoms with van der Waals surface area (Å²) in [5.41, 5.74) is 8.26. The van der Waals surface area contributed by atoms with Gasteiger partial charge in [-0.15, -0.1) is 0 Å². The molecule has 0 radical (unpaired) electrons. The smallest absolute Gasteiger partial charge is 0.230 e. The highest BCUT2D eigenvalue weighted by Crippen LogP contribution is 2.42. The van der Waals surface area contributed by atoms with E-state index in [0.29, 0.717) is 12.0 Å². The molecule has 0 unspecified atom stereocenters. The Kier molecular flexibility index (Phi) is 4.89. The van der Waals surface area contributed by atoms with Crippen LogP contribution in [0.1, 0.15) is 75.0 Å². The fraction of sp³-hybridized carbons (Fsp3) is 0.500. The molecule has 0 amide bonds. The lowest BCUT2D eigenvalue weighted by molar-refractivity contribution is 0.566. The molecule has 6 heteroatoms. The summed E-state index contributed by atoms with van der Waals surface area (Å²) in [5.74, 6) is 2.06. The second-order valence-corrected chi connectivity index (χ2v) is 9.89. The van der Waals surface area contributed by atoms with E-state index in [1.807, 2.05) is 10.7 Å². The van der Waals surface area contributed by atoms with Crippen LogP contribution in [0.15, 0.2) is 36.0 Å². The van der Waals surface area contributed by atoms with Gasteiger partial charge in [0.05, 0.1) is 6.20 Å². The van der Waals surface area contributed by atoms with Gasteiger partial charge < -0.3 is 10.2 Å². The predicted molar refractivity (Wildman–Crippen MR) is 129 cm³/mol. The quantitative estimate of drug-likeness (QED) is 0.618. The minimum Gasteiger partial charge on any atom is -0.351 e. The molecule has 1 saturated heterocycles. The summed E-state index contributed by atoms with van der Waals surface area (Å²) >= 11 is 0. The Morgan fingerprint density at radius 1 is 1.06 bits per heavy atom. The number of allylic oxidation sites excluding steroid dienone is 1. The van der Waals surface area contributed by atoms with E-state index in [1.165, 1.54) is 36.0 Å². The Morgan fingerprint density at radius 2 is 1.91 bits per heavy atom. The van der Waals surface area contributed by atoms with Crippen molar-refractivity contribution < 1.29 is 0 Å². The van der Waals surface area contributed by atoms with Gasteiger partial charge >= 0.3 is 0 Å². The van der Waals surface area contributed by atoms with Crippen LogP contribution < -0.4 is 10.2 Å². The maximum atomic E-state index is 5.01. The molecule has 32 heavy (non-hydrogen) atoms. The molecule has 1 N–H and O–H groups in total. The minimum absolute atomic E-state index is 0.360. The third-order valence-corrected chi connectivity index (χ3v) is 7.40. The Bertz CT molecular complexity index is 1180. The van der Waals surface area contributed by atoms with Gasteiger partial charge in [0.2, 0.25) is 11.9 Å². The summed E-state index contributed by atoms with van der Waals surface area (Å²) in [6.45, 7) is 6.49. The van der Waals surface area contributed by atoms with E-state index in [0.717, 1.165) is 56.3 Å². The van der Waals surface area contributed by atoms with Crippen LogP contribution >= 0.6 is 0 Å². The summed E-state index contributed by atoms with van der Waals surface area (Å²) in [4.78, 5) is 12.3. The predicted octanol–water partition coefficient (Wildman–Crippen LogP) is 5.21. The summed E-state index contributed by atoms with van der Waals surface area (Å²) in [6, 6.07) is 9.27. The largest absolute Gasteiger partial charge is 0.351 e. The second kappa shape index (κ2) is 7.91. The average Bonchev–Trinajstić information content (AvgIpc) is 3.41. The first-order chi connectivity index (χ1) is 15.7. The van der Waals surface area contributed by atoms with Crippen LogP contribution in [0.4, 0.5) is 11.9 Å². The molecule has 0 spiro atoms. The highest BCUT2D eigenvalue weighted by Gasteiger charge is 2.29. The fourth-order valence-corrected chi connectivity index (χ4v) is 5.61. The first-order valence-electron chi connectivity index (χ1n) is 12.2. The first-order valence-corrected chi connectivity index (χ1v) is 12.2. The maximum absolute atomic E-state index is 5.01. The van der Waals surface area contributed by atoms with Gasteiger partial charge in [-0.1, -0.05) is 43.7 Å². The van der Waals surface area contributed by atoms with Crippen molar-refractivity contribution in [1.29, 1.82) is 0 Å². The zero-order chi connectivity index (χ0) is 21.7. The molecule has 2 aromatic heterocycles. The van der Waals surface area contributed by atoms with E-state index in [9.17, 15) is 0 Å². The molecule has 3 aromatic rings. The fourth-order valence-electron chi connectivity index (χ4n) is 5.61. The van der Waals surface area contributed by atoms with Crippen LogP contribution in [-0.4, -0.2) is 38.7 Å². The number of nitrogens with zero attached hydrogens (tertiary/aromatic N) is 5. The molecule has 1 aliphatic heterocycles. The first kappa shape index (κ1) is 19.8. The van der Waals surface area contributed by atoms with Crippen molar-refractivity contribution in [2.24, 2.45) is 0 Å². The molecule has 6 rings (SSSR count). The Labute approximate surface area is 189 Å². The maximum Gasteiger partial charge on any atom is 0.230 e. The normalized spacial score (nSPS) is 20.7. The summed E-state index contributed by atoms with van der Waals surface area (Å²) < 4.78 is 1.93. The highest BCUT2D eigenvalue weighted by molar-refractivity contribution is 5.77. The Balaban J connectivity index is 1.34. The number of rotatable bonds is 4. The molecule has 1 aromatic carbocycles. The van der Waals surface area contributed by atoms with E-state index < -0.39 is 0 Å². The molecule has 1 fully saturated rings. The van der Waals surface area contributed by atoms with Gasteiger partial charge in [0.25, 0.3) is 0 Å². The molecule has 166 valence electrons. The molecule has 3 heterocycles. The zero-order valence-electron chi connectivity index (χ0n) is 19.1. The van der Waals surface area contributed by atoms with Crippen LogP contribution in [0, 0.1) is 0 Å². The van der Waals surface area contributed by atoms with Gasteiger partial charge in [-0.25, -0.2) is 0 Å². The Hall–Kier alpha value is -2.89. The molecule has 1 atom stereocenters. The topological polar surface area (TPSA) is 58.4 Å². The van der Waals surface area contributed by atoms with Crippen molar-refractivity contribution in [1.82, 2.24) is 19.6 Å². The molecular formula is C26H32N6. The van der Waals surface area contributed by atoms with E-state index in [-0.39, 0.29) is 0 Å². The number of aromatic nitrogens is 4. The van der Waals surface area contributed by atoms with Gasteiger partial charge in [0.1, 0.15) is 0 Å². The third-order valence-electron chi connectivity index (χ3n) is 7.40. The van der Waals surface area contributed by atoms with Gasteiger partial charge in [-0.2, -0.15) is 19.6 Å². The monoisotopic (exact) mass is 428 g/mol. The number of hydrogen-bond donors (Lipinski definition) is 1. The Morgan fingerprint density at radius 3 is 2.75 bits per heavy atom. The molecule has 0 saturated carbocycles. The van der Waals surface area contributed by atoms with Crippen molar-refractivity contribution in [3.8, 4) is 0 Å². The average molecular weight is 429 g/mol. The SMILES string of the molecule is CC(C)c1cnn2c(N[C@@H]3CCC4=C(C3)c3ccccc3C4)nc(N3CCCCC3)nc12. The molecular weight excluding hydrogens is 396 g/mol. The zero-order valence-corrected chi connectivity index (χ0v) is 19.1. The minimum atomic E-state index is 0.360. The standard InChI is InChI=1S/C26H32N6/c1-17(2)23-16-27-32-24(23)29-25(31-12-6-3-7-13-31)30-26(32)28-20-11-10-19-14-18-8-4-5-9-21(18)22(19)15-20/h4-5,8-9,16-17,20H,3,6-7,10-15H2,1-2H3,(H,28,29,30)/t20-/m1/s1. The van der Waals surface area contributed by atoms with Crippen LogP contribution in [0.2, 0.25) is 0 Å². The van der Waals surface area contributed by atoms with Crippen LogP contribution in [0.25, 0.3) is 11.2 Å². The van der Waals surface area contributed by atoms with Gasteiger partial charge in [-0.05, 0) is 67.6 Å². The number of piperidine rings is 1. The second-order valence-electron chi connectivity index (χ2n) is 9.89. The van der Waals surface area contributed by atoms with Crippen LogP contribution in [-0.2, 0) is 6.42 Å². The van der Waals surface area contributed by atoms with Crippen molar-refractivity contribution in [2.75, 3.05) is 23.3 Å². The number of nitrogens with one attached hydrogen (secondary N) is 1. The lowest BCUT2D eigenvalue weighted by Crippen LogP contribution is -2.32. The van der Waals surface area contributed by atoms with Crippen LogP contribution in [0.3, 0.4) is 0 Å². The van der Waals surface area contributed by atoms with E-state index in [4.69, 9.17) is 15.1 Å². The van der Waals surface area contributed by atoms with Crippen molar-refractivity contribution >= 4 is 23.1 Å². The van der Waals surface area contributed by atoms with E-state index in [2.05, 4.69) is 48.3 Å². The summed E-state index contributed by atoms with van der Waals surface area (Å²) in [7, 11) is 0. The lowest BCUT2D eigenvalue weighted by atomic mass is 9.88. The van der Waals surface area contributed by atoms with E-state index in [1.54, 1.807) is 11.1 Å². The van der Waals surface area contributed by atoms with Crippen molar-refractivity contribution in [3.63, 3.8) is 0 Å². The van der Waals surface area contributed by atoms with E-state index >= 15 is 0 Å². The van der Waals surface area contributed by atoms with Crippen molar-refractivity contribution in [2.45, 2.75) is 70.8 Å². The van der Waals surface area contributed by atoms with Crippen LogP contribution in [0.5, 0.6) is 0 Å². The summed E-state index contributed by atoms with van der Waals surface area (Å²) in [6.07, 6.45) is 10.2. The third kappa shape index (κ3) is 3.37. The van der Waals surface area contributed by atoms with Crippen molar-refractivity contribution in [3.05, 3.63) is 52.7 Å². The highest BCUT2D eigenvalue weighted by atomic mass is 15.4. The van der Waals surface area contributed by atoms with Gasteiger partial charge in [-0.3, -0.25) is 0 Å². The number of fused-ring (bicyclic) bond motifs is 3. The lowest BCUT2D eigenvalue weighted by Gasteiger charge is -2.29.